The predicted molar refractivity (Wildman–Crippen MR) is 29.0 cm³/mol. The molecular weight excluding hydrogens is 130 g/mol. The zero-order chi connectivity index (χ0) is 6.78. The van der Waals surface area contributed by atoms with E-state index >= 15 is 0 Å². The van der Waals surface area contributed by atoms with Crippen LogP contribution >= 0.6 is 0 Å². The molecule has 1 radical (unpaired) electrons. The summed E-state index contributed by atoms with van der Waals surface area (Å²) in [5.41, 5.74) is 6.53. The number of hydrogen-bond donors (Lipinski definition) is 1. The molecule has 0 bridgehead atoms. The summed E-state index contributed by atoms with van der Waals surface area (Å²) in [7, 11) is -3.94. The van der Waals surface area contributed by atoms with Gasteiger partial charge in [0.2, 0.25) is 0 Å². The standard InChI is InChI=1S/C3H8NO3S/c1-3(2-4)8(5,6)7/h3-4H,2H2,1H3,(H,5,6,7). The second-order valence-corrected chi connectivity index (χ2v) is 3.36. The van der Waals surface area contributed by atoms with Crippen LogP contribution in [0.2, 0.25) is 0 Å². The lowest BCUT2D eigenvalue weighted by Gasteiger charge is -1.99. The molecule has 49 valence electrons. The zero-order valence-corrected chi connectivity index (χ0v) is 5.27. The van der Waals surface area contributed by atoms with E-state index in [-0.39, 0.29) is 6.54 Å². The number of hydrogen-bond acceptors (Lipinski definition) is 2. The molecule has 0 aliphatic carbocycles. The summed E-state index contributed by atoms with van der Waals surface area (Å²) < 4.78 is 28.1. The van der Waals surface area contributed by atoms with Crippen molar-refractivity contribution < 1.29 is 13.0 Å². The van der Waals surface area contributed by atoms with E-state index in [2.05, 4.69) is 0 Å². The topological polar surface area (TPSA) is 78.2 Å². The van der Waals surface area contributed by atoms with Gasteiger partial charge in [-0.2, -0.15) is 8.42 Å². The summed E-state index contributed by atoms with van der Waals surface area (Å²) in [4.78, 5) is 0. The summed E-state index contributed by atoms with van der Waals surface area (Å²) in [5, 5.41) is -0.956. The first-order valence-corrected chi connectivity index (χ1v) is 3.59. The molecule has 4 nitrogen and oxygen atoms in total. The molecule has 0 heterocycles. The second kappa shape index (κ2) is 2.43. The molecule has 0 aliphatic rings. The van der Waals surface area contributed by atoms with E-state index < -0.39 is 15.4 Å². The normalized spacial score (nSPS) is 15.9. The molecule has 1 atom stereocenters. The minimum Gasteiger partial charge on any atom is -0.285 e. The molecular formula is C3H8NO3S. The monoisotopic (exact) mass is 138 g/mol. The molecule has 0 amide bonds. The fourth-order valence-corrected chi connectivity index (χ4v) is 0.316. The van der Waals surface area contributed by atoms with Crippen molar-refractivity contribution in [1.82, 2.24) is 5.73 Å². The Morgan fingerprint density at radius 3 is 2.12 bits per heavy atom. The Morgan fingerprint density at radius 2 is 2.12 bits per heavy atom. The molecule has 5 heteroatoms. The van der Waals surface area contributed by atoms with Crippen molar-refractivity contribution in [3.8, 4) is 0 Å². The first-order valence-electron chi connectivity index (χ1n) is 2.09. The SMILES string of the molecule is CC(C[NH])S(=O)(=O)O. The maximum Gasteiger partial charge on any atom is 0.268 e. The van der Waals surface area contributed by atoms with E-state index in [0.717, 1.165) is 0 Å². The van der Waals surface area contributed by atoms with E-state index in [9.17, 15) is 8.42 Å². The predicted octanol–water partition coefficient (Wildman–Crippen LogP) is -0.454. The number of nitrogens with one attached hydrogen (secondary N) is 1. The van der Waals surface area contributed by atoms with Crippen LogP contribution in [0.25, 0.3) is 0 Å². The summed E-state index contributed by atoms with van der Waals surface area (Å²) in [5.74, 6) is 0. The van der Waals surface area contributed by atoms with Crippen LogP contribution in [-0.2, 0) is 10.1 Å². The maximum absolute atomic E-state index is 10.00. The quantitative estimate of drug-likeness (QED) is 0.525. The Kier molecular flexibility index (Phi) is 2.39. The van der Waals surface area contributed by atoms with E-state index in [1.165, 1.54) is 6.92 Å². The van der Waals surface area contributed by atoms with Crippen molar-refractivity contribution in [2.24, 2.45) is 0 Å². The third-order valence-corrected chi connectivity index (χ3v) is 1.98. The van der Waals surface area contributed by atoms with Crippen LogP contribution in [-0.4, -0.2) is 24.8 Å². The van der Waals surface area contributed by atoms with Gasteiger partial charge in [-0.3, -0.25) is 10.3 Å². The van der Waals surface area contributed by atoms with Gasteiger partial charge in [0.15, 0.2) is 0 Å². The van der Waals surface area contributed by atoms with Crippen molar-refractivity contribution in [1.29, 1.82) is 0 Å². The van der Waals surface area contributed by atoms with Gasteiger partial charge in [-0.1, -0.05) is 0 Å². The molecule has 2 N–H and O–H groups in total. The minimum atomic E-state index is -3.94. The summed E-state index contributed by atoms with van der Waals surface area (Å²) in [6, 6.07) is 0. The van der Waals surface area contributed by atoms with Crippen LogP contribution in [0.5, 0.6) is 0 Å². The molecule has 0 rings (SSSR count). The van der Waals surface area contributed by atoms with Crippen molar-refractivity contribution in [3.05, 3.63) is 0 Å². The molecule has 0 spiro atoms. The molecule has 8 heavy (non-hydrogen) atoms. The van der Waals surface area contributed by atoms with Crippen LogP contribution in [0.4, 0.5) is 0 Å². The third kappa shape index (κ3) is 2.25. The molecule has 0 aromatic carbocycles. The minimum absolute atomic E-state index is 0.293. The molecule has 0 aromatic rings. The van der Waals surface area contributed by atoms with Crippen molar-refractivity contribution >= 4 is 10.1 Å². The summed E-state index contributed by atoms with van der Waals surface area (Å²) >= 11 is 0. The molecule has 1 unspecified atom stereocenters. The maximum atomic E-state index is 10.00. The average Bonchev–Trinajstić information content (AvgIpc) is 1.62. The average molecular weight is 138 g/mol. The molecule has 0 fully saturated rings. The van der Waals surface area contributed by atoms with Crippen molar-refractivity contribution in [2.45, 2.75) is 12.2 Å². The highest BCUT2D eigenvalue weighted by atomic mass is 32.2. The first kappa shape index (κ1) is 7.87. The smallest absolute Gasteiger partial charge is 0.268 e. The van der Waals surface area contributed by atoms with Crippen molar-refractivity contribution in [3.63, 3.8) is 0 Å². The van der Waals surface area contributed by atoms with Crippen LogP contribution < -0.4 is 5.73 Å². The Morgan fingerprint density at radius 1 is 1.75 bits per heavy atom. The van der Waals surface area contributed by atoms with Crippen LogP contribution in [0, 0.1) is 0 Å². The van der Waals surface area contributed by atoms with Gasteiger partial charge in [0.25, 0.3) is 10.1 Å². The third-order valence-electron chi connectivity index (χ3n) is 0.796. The van der Waals surface area contributed by atoms with E-state index in [4.69, 9.17) is 10.3 Å². The van der Waals surface area contributed by atoms with E-state index in [1.54, 1.807) is 0 Å². The highest BCUT2D eigenvalue weighted by molar-refractivity contribution is 7.86. The summed E-state index contributed by atoms with van der Waals surface area (Å²) in [6.07, 6.45) is 0. The van der Waals surface area contributed by atoms with Gasteiger partial charge >= 0.3 is 0 Å². The molecule has 0 aromatic heterocycles. The Bertz CT molecular complexity index is 150. The first-order chi connectivity index (χ1) is 3.48. The van der Waals surface area contributed by atoms with Gasteiger partial charge in [-0.25, -0.2) is 0 Å². The fourth-order valence-electron chi connectivity index (χ4n) is 0.105. The highest BCUT2D eigenvalue weighted by Crippen LogP contribution is 1.92. The lowest BCUT2D eigenvalue weighted by Crippen LogP contribution is -2.20. The second-order valence-electron chi connectivity index (χ2n) is 1.53. The van der Waals surface area contributed by atoms with Gasteiger partial charge in [-0.05, 0) is 6.92 Å². The van der Waals surface area contributed by atoms with Gasteiger partial charge in [0, 0.05) is 6.54 Å². The zero-order valence-electron chi connectivity index (χ0n) is 4.46. The van der Waals surface area contributed by atoms with Gasteiger partial charge in [0.05, 0.1) is 5.25 Å². The highest BCUT2D eigenvalue weighted by Gasteiger charge is 2.13. The van der Waals surface area contributed by atoms with Gasteiger partial charge < -0.3 is 0 Å². The largest absolute Gasteiger partial charge is 0.285 e. The molecule has 0 saturated carbocycles. The summed E-state index contributed by atoms with van der Waals surface area (Å²) in [6.45, 7) is 0.987. The fraction of sp³-hybridized carbons (Fsp3) is 1.00. The van der Waals surface area contributed by atoms with Crippen LogP contribution in [0.3, 0.4) is 0 Å². The lowest BCUT2D eigenvalue weighted by atomic mass is 10.5. The van der Waals surface area contributed by atoms with Gasteiger partial charge in [0.1, 0.15) is 0 Å². The van der Waals surface area contributed by atoms with E-state index in [0.29, 0.717) is 0 Å². The molecule has 0 aliphatic heterocycles. The lowest BCUT2D eigenvalue weighted by molar-refractivity contribution is 0.470. The Balaban J connectivity index is 4.04. The van der Waals surface area contributed by atoms with Crippen LogP contribution in [0.15, 0.2) is 0 Å². The Labute approximate surface area is 48.4 Å². The number of rotatable bonds is 2. The van der Waals surface area contributed by atoms with Gasteiger partial charge in [-0.15, -0.1) is 0 Å². The van der Waals surface area contributed by atoms with Crippen molar-refractivity contribution in [2.75, 3.05) is 6.54 Å². The molecule has 0 saturated heterocycles. The van der Waals surface area contributed by atoms with Crippen LogP contribution in [0.1, 0.15) is 6.92 Å². The van der Waals surface area contributed by atoms with E-state index in [1.807, 2.05) is 0 Å². The Hall–Kier alpha value is -0.130.